The van der Waals surface area contributed by atoms with Gasteiger partial charge in [0.1, 0.15) is 6.20 Å². The van der Waals surface area contributed by atoms with Gasteiger partial charge in [0.25, 0.3) is 0 Å². The molecule has 1 saturated heterocycles. The minimum atomic E-state index is -0.411. The van der Waals surface area contributed by atoms with Crippen molar-refractivity contribution in [1.82, 2.24) is 15.1 Å². The summed E-state index contributed by atoms with van der Waals surface area (Å²) in [5.41, 5.74) is 0.0353. The maximum Gasteiger partial charge on any atom is 0.330 e. The Kier molecular flexibility index (Phi) is 3.04. The molecular weight excluding hydrogens is 210 g/mol. The number of nitrogens with zero attached hydrogens (tertiary/aromatic N) is 3. The maximum absolute atomic E-state index is 10.8. The van der Waals surface area contributed by atoms with E-state index in [1.807, 2.05) is 0 Å². The van der Waals surface area contributed by atoms with Crippen molar-refractivity contribution in [2.24, 2.45) is 7.05 Å². The number of aromatic nitrogens is 2. The molecule has 1 aromatic rings. The zero-order valence-electron chi connectivity index (χ0n) is 9.14. The van der Waals surface area contributed by atoms with Gasteiger partial charge < -0.3 is 10.6 Å². The smallest absolute Gasteiger partial charge is 0.330 e. The molecule has 16 heavy (non-hydrogen) atoms. The van der Waals surface area contributed by atoms with Gasteiger partial charge in [0, 0.05) is 19.6 Å². The van der Waals surface area contributed by atoms with E-state index in [0.29, 0.717) is 5.82 Å². The summed E-state index contributed by atoms with van der Waals surface area (Å²) in [7, 11) is 1.68. The van der Waals surface area contributed by atoms with Crippen molar-refractivity contribution in [1.29, 1.82) is 0 Å². The Labute approximate surface area is 93.0 Å². The highest BCUT2D eigenvalue weighted by Crippen LogP contribution is 2.23. The summed E-state index contributed by atoms with van der Waals surface area (Å²) in [6.45, 7) is 1.84. The van der Waals surface area contributed by atoms with E-state index in [9.17, 15) is 10.1 Å². The monoisotopic (exact) mass is 225 g/mol. The van der Waals surface area contributed by atoms with Gasteiger partial charge in [-0.15, -0.1) is 5.10 Å². The molecule has 0 spiro atoms. The highest BCUT2D eigenvalue weighted by molar-refractivity contribution is 5.55. The lowest BCUT2D eigenvalue weighted by Gasteiger charge is -2.23. The maximum atomic E-state index is 10.8. The Morgan fingerprint density at radius 2 is 2.56 bits per heavy atom. The summed E-state index contributed by atoms with van der Waals surface area (Å²) in [6.07, 6.45) is 3.51. The first-order chi connectivity index (χ1) is 7.66. The molecule has 0 bridgehead atoms. The average Bonchev–Trinajstić information content (AvgIpc) is 2.61. The molecule has 2 rings (SSSR count). The SMILES string of the molecule is Cn1cc([N+](=O)[O-])c(NC2CCCNC2)n1. The number of nitro groups is 1. The molecule has 1 atom stereocenters. The van der Waals surface area contributed by atoms with E-state index in [4.69, 9.17) is 0 Å². The molecule has 7 nitrogen and oxygen atoms in total. The van der Waals surface area contributed by atoms with Crippen LogP contribution in [0.5, 0.6) is 0 Å². The summed E-state index contributed by atoms with van der Waals surface area (Å²) >= 11 is 0. The van der Waals surface area contributed by atoms with Gasteiger partial charge in [-0.05, 0) is 19.4 Å². The lowest BCUT2D eigenvalue weighted by atomic mass is 10.1. The molecule has 0 aliphatic carbocycles. The summed E-state index contributed by atoms with van der Waals surface area (Å²) in [6, 6.07) is 0.224. The average molecular weight is 225 g/mol. The number of rotatable bonds is 3. The van der Waals surface area contributed by atoms with Crippen molar-refractivity contribution < 1.29 is 4.92 Å². The molecule has 1 aliphatic rings. The van der Waals surface area contributed by atoms with Crippen molar-refractivity contribution in [2.45, 2.75) is 18.9 Å². The van der Waals surface area contributed by atoms with Crippen LogP contribution >= 0.6 is 0 Å². The van der Waals surface area contributed by atoms with Crippen molar-refractivity contribution >= 4 is 11.5 Å². The molecule has 1 fully saturated rings. The molecule has 2 N–H and O–H groups in total. The van der Waals surface area contributed by atoms with Crippen LogP contribution in [0.25, 0.3) is 0 Å². The Hall–Kier alpha value is -1.63. The zero-order valence-corrected chi connectivity index (χ0v) is 9.14. The predicted octanol–water partition coefficient (Wildman–Crippen LogP) is 0.492. The lowest BCUT2D eigenvalue weighted by molar-refractivity contribution is -0.384. The number of anilines is 1. The Bertz CT molecular complexity index is 383. The first kappa shape index (κ1) is 10.9. The molecule has 7 heteroatoms. The fourth-order valence-corrected chi connectivity index (χ4v) is 1.88. The van der Waals surface area contributed by atoms with E-state index >= 15 is 0 Å². The van der Waals surface area contributed by atoms with E-state index in [-0.39, 0.29) is 11.7 Å². The van der Waals surface area contributed by atoms with Crippen LogP contribution in [0.4, 0.5) is 11.5 Å². The lowest BCUT2D eigenvalue weighted by Crippen LogP contribution is -2.38. The van der Waals surface area contributed by atoms with Crippen LogP contribution < -0.4 is 10.6 Å². The molecule has 0 radical (unpaired) electrons. The fraction of sp³-hybridized carbons (Fsp3) is 0.667. The summed E-state index contributed by atoms with van der Waals surface area (Å²) in [5.74, 6) is 0.362. The van der Waals surface area contributed by atoms with Gasteiger partial charge in [0.2, 0.25) is 5.82 Å². The molecular formula is C9H15N5O2. The van der Waals surface area contributed by atoms with Gasteiger partial charge in [-0.1, -0.05) is 0 Å². The minimum Gasteiger partial charge on any atom is -0.359 e. The van der Waals surface area contributed by atoms with Crippen LogP contribution in [0.1, 0.15) is 12.8 Å². The molecule has 0 saturated carbocycles. The van der Waals surface area contributed by atoms with Crippen LogP contribution in [-0.2, 0) is 7.05 Å². The van der Waals surface area contributed by atoms with Crippen LogP contribution in [0.15, 0.2) is 6.20 Å². The van der Waals surface area contributed by atoms with E-state index in [1.165, 1.54) is 10.9 Å². The molecule has 88 valence electrons. The zero-order chi connectivity index (χ0) is 11.5. The van der Waals surface area contributed by atoms with Crippen LogP contribution in [0.3, 0.4) is 0 Å². The van der Waals surface area contributed by atoms with Crippen LogP contribution in [0, 0.1) is 10.1 Å². The third-order valence-corrected chi connectivity index (χ3v) is 2.64. The van der Waals surface area contributed by atoms with Gasteiger partial charge in [-0.3, -0.25) is 14.8 Å². The standard InChI is InChI=1S/C9H15N5O2/c1-13-6-8(14(15)16)9(12-13)11-7-3-2-4-10-5-7/h6-7,10H,2-5H2,1H3,(H,11,12). The first-order valence-electron chi connectivity index (χ1n) is 5.32. The topological polar surface area (TPSA) is 85.0 Å². The molecule has 2 heterocycles. The number of aryl methyl sites for hydroxylation is 1. The van der Waals surface area contributed by atoms with Gasteiger partial charge >= 0.3 is 5.69 Å². The quantitative estimate of drug-likeness (QED) is 0.577. The van der Waals surface area contributed by atoms with Crippen molar-refractivity contribution in [3.05, 3.63) is 16.3 Å². The predicted molar refractivity (Wildman–Crippen MR) is 59.4 cm³/mol. The third-order valence-electron chi connectivity index (χ3n) is 2.64. The van der Waals surface area contributed by atoms with E-state index in [0.717, 1.165) is 25.9 Å². The molecule has 1 unspecified atom stereocenters. The van der Waals surface area contributed by atoms with E-state index in [1.54, 1.807) is 7.05 Å². The number of hydrogen-bond acceptors (Lipinski definition) is 5. The number of nitrogens with one attached hydrogen (secondary N) is 2. The fourth-order valence-electron chi connectivity index (χ4n) is 1.88. The second kappa shape index (κ2) is 4.48. The summed E-state index contributed by atoms with van der Waals surface area (Å²) in [5, 5.41) is 21.2. The van der Waals surface area contributed by atoms with Gasteiger partial charge in [0.05, 0.1) is 4.92 Å². The third kappa shape index (κ3) is 2.30. The van der Waals surface area contributed by atoms with E-state index in [2.05, 4.69) is 15.7 Å². The van der Waals surface area contributed by atoms with Crippen molar-refractivity contribution in [3.8, 4) is 0 Å². The largest absolute Gasteiger partial charge is 0.359 e. The van der Waals surface area contributed by atoms with Gasteiger partial charge in [-0.2, -0.15) is 0 Å². The van der Waals surface area contributed by atoms with Crippen molar-refractivity contribution in [2.75, 3.05) is 18.4 Å². The van der Waals surface area contributed by atoms with Crippen LogP contribution in [0.2, 0.25) is 0 Å². The number of hydrogen-bond donors (Lipinski definition) is 2. The summed E-state index contributed by atoms with van der Waals surface area (Å²) in [4.78, 5) is 10.4. The molecule has 0 amide bonds. The highest BCUT2D eigenvalue weighted by Gasteiger charge is 2.22. The van der Waals surface area contributed by atoms with Gasteiger partial charge in [-0.25, -0.2) is 0 Å². The van der Waals surface area contributed by atoms with Crippen LogP contribution in [-0.4, -0.2) is 33.8 Å². The highest BCUT2D eigenvalue weighted by atomic mass is 16.6. The minimum absolute atomic E-state index is 0.0353. The first-order valence-corrected chi connectivity index (χ1v) is 5.32. The number of piperidine rings is 1. The Morgan fingerprint density at radius 1 is 1.75 bits per heavy atom. The normalized spacial score (nSPS) is 20.7. The van der Waals surface area contributed by atoms with Crippen molar-refractivity contribution in [3.63, 3.8) is 0 Å². The molecule has 1 aromatic heterocycles. The van der Waals surface area contributed by atoms with E-state index < -0.39 is 4.92 Å². The molecule has 0 aromatic carbocycles. The summed E-state index contributed by atoms with van der Waals surface area (Å²) < 4.78 is 1.46. The Morgan fingerprint density at radius 3 is 3.19 bits per heavy atom. The Balaban J connectivity index is 2.10. The second-order valence-corrected chi connectivity index (χ2v) is 3.98. The second-order valence-electron chi connectivity index (χ2n) is 3.98. The molecule has 1 aliphatic heterocycles. The van der Waals surface area contributed by atoms with Gasteiger partial charge in [0.15, 0.2) is 0 Å².